The lowest BCUT2D eigenvalue weighted by molar-refractivity contribution is -0.139. The Morgan fingerprint density at radius 1 is 1.33 bits per heavy atom. The Hall–Kier alpha value is -1.22. The Kier molecular flexibility index (Phi) is 5.63. The van der Waals surface area contributed by atoms with Gasteiger partial charge in [0.2, 0.25) is 0 Å². The normalized spacial score (nSPS) is 10.5. The van der Waals surface area contributed by atoms with Gasteiger partial charge in [-0.3, -0.25) is 4.79 Å². The highest BCUT2D eigenvalue weighted by atomic mass is 32.2. The maximum Gasteiger partial charge on any atom is 0.302 e. The van der Waals surface area contributed by atoms with Gasteiger partial charge in [-0.15, -0.1) is 11.8 Å². The van der Waals surface area contributed by atoms with Crippen molar-refractivity contribution in [1.29, 1.82) is 0 Å². The van der Waals surface area contributed by atoms with Crippen LogP contribution in [0.1, 0.15) is 6.92 Å². The summed E-state index contributed by atoms with van der Waals surface area (Å²) in [4.78, 5) is 11.7. The molecule has 3 heteroatoms. The minimum Gasteiger partial charge on any atom is -0.462 e. The van der Waals surface area contributed by atoms with E-state index in [1.165, 1.54) is 11.8 Å². The fourth-order valence-corrected chi connectivity index (χ4v) is 1.74. The van der Waals surface area contributed by atoms with E-state index in [4.69, 9.17) is 4.74 Å². The maximum absolute atomic E-state index is 10.4. The highest BCUT2D eigenvalue weighted by Crippen LogP contribution is 2.16. The number of rotatable bonds is 5. The Morgan fingerprint density at radius 2 is 2.07 bits per heavy atom. The predicted octanol–water partition coefficient (Wildman–Crippen LogP) is 2.90. The molecule has 15 heavy (non-hydrogen) atoms. The Morgan fingerprint density at radius 3 is 2.73 bits per heavy atom. The van der Waals surface area contributed by atoms with Crippen molar-refractivity contribution >= 4 is 17.7 Å². The summed E-state index contributed by atoms with van der Waals surface area (Å²) >= 11 is 1.75. The molecular weight excluding hydrogens is 208 g/mol. The molecule has 0 spiro atoms. The lowest BCUT2D eigenvalue weighted by Crippen LogP contribution is -1.97. The molecule has 0 aliphatic rings. The number of hydrogen-bond acceptors (Lipinski definition) is 3. The van der Waals surface area contributed by atoms with E-state index in [-0.39, 0.29) is 5.97 Å². The van der Waals surface area contributed by atoms with Gasteiger partial charge in [-0.25, -0.2) is 0 Å². The van der Waals surface area contributed by atoms with E-state index >= 15 is 0 Å². The molecule has 0 aromatic heterocycles. The van der Waals surface area contributed by atoms with Crippen LogP contribution in [0.5, 0.6) is 0 Å². The average Bonchev–Trinajstić information content (AvgIpc) is 2.24. The largest absolute Gasteiger partial charge is 0.462 e. The number of carbonyl (C=O) groups excluding carboxylic acids is 1. The fraction of sp³-hybridized carbons (Fsp3) is 0.250. The van der Waals surface area contributed by atoms with E-state index < -0.39 is 0 Å². The minimum atomic E-state index is -0.240. The van der Waals surface area contributed by atoms with Crippen LogP contribution in [0.4, 0.5) is 0 Å². The molecule has 0 fully saturated rings. The van der Waals surface area contributed by atoms with Crippen LogP contribution in [-0.2, 0) is 9.53 Å². The smallest absolute Gasteiger partial charge is 0.302 e. The van der Waals surface area contributed by atoms with Gasteiger partial charge in [0.1, 0.15) is 6.61 Å². The molecule has 0 heterocycles. The minimum absolute atomic E-state index is 0.240. The summed E-state index contributed by atoms with van der Waals surface area (Å²) in [6, 6.07) is 10.2. The predicted molar refractivity (Wildman–Crippen MR) is 62.9 cm³/mol. The van der Waals surface area contributed by atoms with Crippen LogP contribution in [0.2, 0.25) is 0 Å². The molecule has 80 valence electrons. The molecule has 2 nitrogen and oxygen atoms in total. The first-order valence-corrected chi connectivity index (χ1v) is 5.74. The number of hydrogen-bond donors (Lipinski definition) is 0. The molecule has 0 unspecified atom stereocenters. The molecule has 1 aromatic rings. The second-order valence-corrected chi connectivity index (χ2v) is 3.99. The van der Waals surface area contributed by atoms with Gasteiger partial charge in [-0.05, 0) is 12.1 Å². The van der Waals surface area contributed by atoms with Crippen molar-refractivity contribution in [2.75, 3.05) is 12.4 Å². The number of benzene rings is 1. The number of carbonyl (C=O) groups is 1. The van der Waals surface area contributed by atoms with Crippen LogP contribution >= 0.6 is 11.8 Å². The van der Waals surface area contributed by atoms with Crippen molar-refractivity contribution in [1.82, 2.24) is 0 Å². The zero-order valence-corrected chi connectivity index (χ0v) is 9.50. The summed E-state index contributed by atoms with van der Waals surface area (Å²) in [5.74, 6) is 0.654. The van der Waals surface area contributed by atoms with Gasteiger partial charge in [-0.1, -0.05) is 30.4 Å². The Bertz CT molecular complexity index is 320. The molecule has 0 saturated heterocycles. The third-order valence-corrected chi connectivity index (χ3v) is 2.60. The highest BCUT2D eigenvalue weighted by molar-refractivity contribution is 7.99. The third kappa shape index (κ3) is 5.96. The number of thioether (sulfide) groups is 1. The second-order valence-electron chi connectivity index (χ2n) is 2.90. The molecule has 0 radical (unpaired) electrons. The van der Waals surface area contributed by atoms with Gasteiger partial charge >= 0.3 is 5.97 Å². The summed E-state index contributed by atoms with van der Waals surface area (Å²) in [5.41, 5.74) is 0. The summed E-state index contributed by atoms with van der Waals surface area (Å²) in [6.07, 6.45) is 3.86. The molecule has 0 aliphatic heterocycles. The van der Waals surface area contributed by atoms with Gasteiger partial charge in [-0.2, -0.15) is 0 Å². The molecule has 1 aromatic carbocycles. The van der Waals surface area contributed by atoms with Crippen molar-refractivity contribution < 1.29 is 9.53 Å². The van der Waals surface area contributed by atoms with Crippen LogP contribution in [-0.4, -0.2) is 18.3 Å². The Balaban J connectivity index is 2.14. The first-order chi connectivity index (χ1) is 7.29. The monoisotopic (exact) mass is 222 g/mol. The van der Waals surface area contributed by atoms with Gasteiger partial charge < -0.3 is 4.74 Å². The van der Waals surface area contributed by atoms with Crippen molar-refractivity contribution in [3.05, 3.63) is 42.5 Å². The van der Waals surface area contributed by atoms with Crippen LogP contribution in [0.3, 0.4) is 0 Å². The standard InChI is InChI=1S/C12H14O2S/c1-11(13)14-9-5-6-10-15-12-7-3-2-4-8-12/h2-8H,9-10H2,1H3. The number of ether oxygens (including phenoxy) is 1. The zero-order valence-electron chi connectivity index (χ0n) is 8.68. The topological polar surface area (TPSA) is 26.3 Å². The molecule has 0 atom stereocenters. The summed E-state index contributed by atoms with van der Waals surface area (Å²) in [6.45, 7) is 1.78. The molecule has 0 aliphatic carbocycles. The molecule has 0 amide bonds. The van der Waals surface area contributed by atoms with E-state index in [1.807, 2.05) is 30.4 Å². The quantitative estimate of drug-likeness (QED) is 0.435. The molecule has 0 bridgehead atoms. The molecule has 1 rings (SSSR count). The van der Waals surface area contributed by atoms with Crippen molar-refractivity contribution in [2.24, 2.45) is 0 Å². The van der Waals surface area contributed by atoms with Gasteiger partial charge in [0.25, 0.3) is 0 Å². The van der Waals surface area contributed by atoms with Crippen molar-refractivity contribution in [3.8, 4) is 0 Å². The molecular formula is C12H14O2S. The van der Waals surface area contributed by atoms with E-state index in [1.54, 1.807) is 11.8 Å². The molecule has 0 saturated carbocycles. The zero-order chi connectivity index (χ0) is 10.9. The van der Waals surface area contributed by atoms with E-state index in [9.17, 15) is 4.79 Å². The van der Waals surface area contributed by atoms with Crippen molar-refractivity contribution in [3.63, 3.8) is 0 Å². The summed E-state index contributed by atoms with van der Waals surface area (Å²) in [5, 5.41) is 0. The van der Waals surface area contributed by atoms with E-state index in [2.05, 4.69) is 12.1 Å². The SMILES string of the molecule is CC(=O)OCC=CCSc1ccccc1. The third-order valence-electron chi connectivity index (χ3n) is 1.64. The van der Waals surface area contributed by atoms with E-state index in [0.29, 0.717) is 6.61 Å². The highest BCUT2D eigenvalue weighted by Gasteiger charge is 1.89. The lowest BCUT2D eigenvalue weighted by atomic mass is 10.4. The summed E-state index contributed by atoms with van der Waals surface area (Å²) < 4.78 is 4.76. The second kappa shape index (κ2) is 7.12. The maximum atomic E-state index is 10.4. The van der Waals surface area contributed by atoms with Crippen LogP contribution in [0.15, 0.2) is 47.4 Å². The number of esters is 1. The summed E-state index contributed by atoms with van der Waals surface area (Å²) in [7, 11) is 0. The Labute approximate surface area is 94.3 Å². The van der Waals surface area contributed by atoms with Crippen LogP contribution in [0.25, 0.3) is 0 Å². The average molecular weight is 222 g/mol. The van der Waals surface area contributed by atoms with Crippen LogP contribution in [0, 0.1) is 0 Å². The first kappa shape index (κ1) is 11.9. The lowest BCUT2D eigenvalue weighted by Gasteiger charge is -1.97. The van der Waals surface area contributed by atoms with Gasteiger partial charge in [0.05, 0.1) is 0 Å². The van der Waals surface area contributed by atoms with Gasteiger partial charge in [0.15, 0.2) is 0 Å². The fourth-order valence-electron chi connectivity index (χ4n) is 0.963. The van der Waals surface area contributed by atoms with Crippen LogP contribution < -0.4 is 0 Å². The van der Waals surface area contributed by atoms with Gasteiger partial charge in [0, 0.05) is 17.6 Å². The van der Waals surface area contributed by atoms with E-state index in [0.717, 1.165) is 5.75 Å². The molecule has 0 N–H and O–H groups in total. The van der Waals surface area contributed by atoms with Crippen molar-refractivity contribution in [2.45, 2.75) is 11.8 Å². The first-order valence-electron chi connectivity index (χ1n) is 4.75.